The van der Waals surface area contributed by atoms with Crippen molar-refractivity contribution in [3.8, 4) is 0 Å². The lowest BCUT2D eigenvalue weighted by Gasteiger charge is -2.22. The Morgan fingerprint density at radius 3 is 2.91 bits per heavy atom. The van der Waals surface area contributed by atoms with Crippen molar-refractivity contribution in [2.75, 3.05) is 0 Å². The van der Waals surface area contributed by atoms with Crippen LogP contribution in [0.25, 0.3) is 5.65 Å². The minimum atomic E-state index is 0.113. The highest BCUT2D eigenvalue weighted by atomic mass is 16.2. The maximum atomic E-state index is 12.9. The van der Waals surface area contributed by atoms with Crippen LogP contribution in [-0.4, -0.2) is 26.2 Å². The van der Waals surface area contributed by atoms with Gasteiger partial charge in [-0.2, -0.15) is 0 Å². The first-order valence-corrected chi connectivity index (χ1v) is 8.01. The fraction of sp³-hybridized carbons (Fsp3) is 0.263. The second-order valence-electron chi connectivity index (χ2n) is 6.21. The Balaban J connectivity index is 1.65. The summed E-state index contributed by atoms with van der Waals surface area (Å²) in [4.78, 5) is 19.4. The summed E-state index contributed by atoms with van der Waals surface area (Å²) >= 11 is 0. The van der Waals surface area contributed by atoms with Crippen LogP contribution in [0.2, 0.25) is 0 Å². The molecular formula is C19H19N3O. The first-order valence-electron chi connectivity index (χ1n) is 8.01. The second-order valence-corrected chi connectivity index (χ2v) is 6.21. The zero-order chi connectivity index (χ0) is 15.8. The molecule has 0 aliphatic heterocycles. The lowest BCUT2D eigenvalue weighted by atomic mass is 10.1. The predicted molar refractivity (Wildman–Crippen MR) is 89.3 cm³/mol. The van der Waals surface area contributed by atoms with E-state index in [1.165, 1.54) is 0 Å². The van der Waals surface area contributed by atoms with E-state index in [1.807, 2.05) is 66.7 Å². The van der Waals surface area contributed by atoms with Crippen LogP contribution in [0.3, 0.4) is 0 Å². The van der Waals surface area contributed by atoms with Gasteiger partial charge in [-0.1, -0.05) is 23.8 Å². The number of hydrogen-bond acceptors (Lipinski definition) is 2. The van der Waals surface area contributed by atoms with Crippen molar-refractivity contribution in [2.24, 2.45) is 0 Å². The standard InChI is InChI=1S/C19H19N3O/c1-14-5-4-6-15(11-14)19(23)22(16-8-9-16)13-17-12-20-18-7-2-3-10-21(17)18/h2-7,10-12,16H,8-9,13H2,1H3. The van der Waals surface area contributed by atoms with Gasteiger partial charge in [0, 0.05) is 17.8 Å². The number of carbonyl (C=O) groups is 1. The number of benzene rings is 1. The first-order chi connectivity index (χ1) is 11.2. The fourth-order valence-electron chi connectivity index (χ4n) is 2.97. The lowest BCUT2D eigenvalue weighted by Crippen LogP contribution is -2.33. The van der Waals surface area contributed by atoms with E-state index in [4.69, 9.17) is 0 Å². The van der Waals surface area contributed by atoms with Crippen molar-refractivity contribution in [1.29, 1.82) is 0 Å². The third-order valence-electron chi connectivity index (χ3n) is 4.34. The van der Waals surface area contributed by atoms with Gasteiger partial charge in [-0.05, 0) is 44.0 Å². The fourth-order valence-corrected chi connectivity index (χ4v) is 2.97. The topological polar surface area (TPSA) is 37.6 Å². The van der Waals surface area contributed by atoms with Crippen LogP contribution in [0.5, 0.6) is 0 Å². The SMILES string of the molecule is Cc1cccc(C(=O)N(Cc2cnc3ccccn23)C2CC2)c1. The van der Waals surface area contributed by atoms with Gasteiger partial charge in [-0.3, -0.25) is 4.79 Å². The summed E-state index contributed by atoms with van der Waals surface area (Å²) in [5, 5.41) is 0. The van der Waals surface area contributed by atoms with Gasteiger partial charge in [0.25, 0.3) is 5.91 Å². The Labute approximate surface area is 135 Å². The van der Waals surface area contributed by atoms with E-state index >= 15 is 0 Å². The molecule has 4 rings (SSSR count). The molecule has 0 bridgehead atoms. The van der Waals surface area contributed by atoms with E-state index in [0.29, 0.717) is 12.6 Å². The predicted octanol–water partition coefficient (Wildman–Crippen LogP) is 3.45. The molecule has 4 nitrogen and oxygen atoms in total. The van der Waals surface area contributed by atoms with E-state index in [0.717, 1.165) is 35.3 Å². The van der Waals surface area contributed by atoms with Crippen molar-refractivity contribution in [1.82, 2.24) is 14.3 Å². The molecular weight excluding hydrogens is 286 g/mol. The van der Waals surface area contributed by atoms with Crippen LogP contribution in [0.1, 0.15) is 34.5 Å². The molecule has 0 radical (unpaired) electrons. The number of pyridine rings is 1. The molecule has 1 saturated carbocycles. The number of nitrogens with zero attached hydrogens (tertiary/aromatic N) is 3. The molecule has 0 saturated heterocycles. The normalized spacial score (nSPS) is 14.1. The zero-order valence-electron chi connectivity index (χ0n) is 13.1. The van der Waals surface area contributed by atoms with Crippen molar-refractivity contribution >= 4 is 11.6 Å². The molecule has 1 aromatic carbocycles. The van der Waals surface area contributed by atoms with Gasteiger partial charge < -0.3 is 9.30 Å². The third kappa shape index (κ3) is 2.72. The summed E-state index contributed by atoms with van der Waals surface area (Å²) in [5.41, 5.74) is 3.85. The number of amides is 1. The quantitative estimate of drug-likeness (QED) is 0.740. The monoisotopic (exact) mass is 305 g/mol. The Bertz CT molecular complexity index is 864. The maximum Gasteiger partial charge on any atom is 0.254 e. The molecule has 1 aliphatic rings. The van der Waals surface area contributed by atoms with Crippen LogP contribution >= 0.6 is 0 Å². The average molecular weight is 305 g/mol. The molecule has 116 valence electrons. The van der Waals surface area contributed by atoms with Gasteiger partial charge in [0.1, 0.15) is 5.65 Å². The number of aryl methyl sites for hydroxylation is 1. The number of imidazole rings is 1. The van der Waals surface area contributed by atoms with Gasteiger partial charge in [-0.25, -0.2) is 4.98 Å². The highest BCUT2D eigenvalue weighted by molar-refractivity contribution is 5.94. The van der Waals surface area contributed by atoms with E-state index < -0.39 is 0 Å². The molecule has 2 aromatic heterocycles. The Morgan fingerprint density at radius 2 is 2.13 bits per heavy atom. The smallest absolute Gasteiger partial charge is 0.254 e. The minimum Gasteiger partial charge on any atom is -0.330 e. The third-order valence-corrected chi connectivity index (χ3v) is 4.34. The molecule has 2 heterocycles. The minimum absolute atomic E-state index is 0.113. The van der Waals surface area contributed by atoms with E-state index in [1.54, 1.807) is 0 Å². The van der Waals surface area contributed by atoms with E-state index in [-0.39, 0.29) is 5.91 Å². The summed E-state index contributed by atoms with van der Waals surface area (Å²) in [6.07, 6.45) is 6.05. The molecule has 1 aliphatic carbocycles. The molecule has 3 aromatic rings. The van der Waals surface area contributed by atoms with Gasteiger partial charge in [-0.15, -0.1) is 0 Å². The summed E-state index contributed by atoms with van der Waals surface area (Å²) in [6.45, 7) is 2.62. The van der Waals surface area contributed by atoms with Crippen LogP contribution in [0, 0.1) is 6.92 Å². The van der Waals surface area contributed by atoms with Crippen molar-refractivity contribution in [3.63, 3.8) is 0 Å². The summed E-state index contributed by atoms with van der Waals surface area (Å²) in [7, 11) is 0. The maximum absolute atomic E-state index is 12.9. The van der Waals surface area contributed by atoms with E-state index in [9.17, 15) is 4.79 Å². The van der Waals surface area contributed by atoms with Gasteiger partial charge in [0.15, 0.2) is 0 Å². The highest BCUT2D eigenvalue weighted by Crippen LogP contribution is 2.30. The summed E-state index contributed by atoms with van der Waals surface area (Å²) in [6, 6.07) is 14.1. The molecule has 4 heteroatoms. The molecule has 1 amide bonds. The van der Waals surface area contributed by atoms with Gasteiger partial charge in [0.05, 0.1) is 18.4 Å². The molecule has 0 spiro atoms. The Hall–Kier alpha value is -2.62. The highest BCUT2D eigenvalue weighted by Gasteiger charge is 2.33. The zero-order valence-corrected chi connectivity index (χ0v) is 13.1. The number of aromatic nitrogens is 2. The van der Waals surface area contributed by atoms with Gasteiger partial charge in [0.2, 0.25) is 0 Å². The van der Waals surface area contributed by atoms with Crippen LogP contribution < -0.4 is 0 Å². The average Bonchev–Trinajstić information content (AvgIpc) is 3.33. The molecule has 23 heavy (non-hydrogen) atoms. The Kier molecular flexibility index (Phi) is 3.37. The Morgan fingerprint density at radius 1 is 1.26 bits per heavy atom. The molecule has 0 atom stereocenters. The van der Waals surface area contributed by atoms with Gasteiger partial charge >= 0.3 is 0 Å². The van der Waals surface area contributed by atoms with Crippen LogP contribution in [-0.2, 0) is 6.54 Å². The number of rotatable bonds is 4. The molecule has 0 N–H and O–H groups in total. The van der Waals surface area contributed by atoms with Crippen molar-refractivity contribution < 1.29 is 4.79 Å². The second kappa shape index (κ2) is 5.54. The summed E-state index contributed by atoms with van der Waals surface area (Å²) in [5.74, 6) is 0.113. The molecule has 1 fully saturated rings. The van der Waals surface area contributed by atoms with Crippen LogP contribution in [0.15, 0.2) is 54.9 Å². The number of hydrogen-bond donors (Lipinski definition) is 0. The van der Waals surface area contributed by atoms with E-state index in [2.05, 4.69) is 9.38 Å². The first kappa shape index (κ1) is 14.0. The summed E-state index contributed by atoms with van der Waals surface area (Å²) < 4.78 is 2.05. The van der Waals surface area contributed by atoms with Crippen molar-refractivity contribution in [2.45, 2.75) is 32.4 Å². The van der Waals surface area contributed by atoms with Crippen LogP contribution in [0.4, 0.5) is 0 Å². The van der Waals surface area contributed by atoms with Crippen molar-refractivity contribution in [3.05, 3.63) is 71.7 Å². The number of fused-ring (bicyclic) bond motifs is 1. The molecule has 0 unspecified atom stereocenters. The lowest BCUT2D eigenvalue weighted by molar-refractivity contribution is 0.0727. The number of carbonyl (C=O) groups excluding carboxylic acids is 1. The largest absolute Gasteiger partial charge is 0.330 e.